The first kappa shape index (κ1) is 14.2. The van der Waals surface area contributed by atoms with Gasteiger partial charge in [-0.15, -0.1) is 21.5 Å². The zero-order valence-electron chi connectivity index (χ0n) is 13.1. The molecule has 1 aromatic carbocycles. The van der Waals surface area contributed by atoms with Crippen molar-refractivity contribution < 1.29 is 0 Å². The zero-order chi connectivity index (χ0) is 16.6. The Labute approximate surface area is 146 Å². The molecule has 7 heteroatoms. The highest BCUT2D eigenvalue weighted by molar-refractivity contribution is 7.13. The number of hydrogen-bond acceptors (Lipinski definition) is 6. The average Bonchev–Trinajstić information content (AvgIpc) is 3.32. The van der Waals surface area contributed by atoms with Gasteiger partial charge in [-0.25, -0.2) is 4.98 Å². The van der Waals surface area contributed by atoms with Crippen molar-refractivity contribution in [2.45, 2.75) is 6.42 Å². The molecule has 0 saturated carbocycles. The number of hydrogen-bond donors (Lipinski definition) is 0. The van der Waals surface area contributed by atoms with Crippen molar-refractivity contribution in [3.8, 4) is 10.6 Å². The van der Waals surface area contributed by atoms with Gasteiger partial charge in [0.25, 0.3) is 5.78 Å². The van der Waals surface area contributed by atoms with Gasteiger partial charge < -0.3 is 0 Å². The van der Waals surface area contributed by atoms with Crippen molar-refractivity contribution in [2.75, 3.05) is 0 Å². The maximum atomic E-state index is 4.66. The molecule has 0 saturated heterocycles. The lowest BCUT2D eigenvalue weighted by Gasteiger charge is -2.03. The molecule has 0 amide bonds. The quantitative estimate of drug-likeness (QED) is 0.502. The van der Waals surface area contributed by atoms with Gasteiger partial charge in [0, 0.05) is 18.0 Å². The average molecular weight is 344 g/mol. The van der Waals surface area contributed by atoms with E-state index in [4.69, 9.17) is 0 Å². The Bertz CT molecular complexity index is 1180. The van der Waals surface area contributed by atoms with E-state index in [1.807, 2.05) is 29.6 Å². The van der Waals surface area contributed by atoms with Gasteiger partial charge in [-0.05, 0) is 35.2 Å². The van der Waals surface area contributed by atoms with Crippen molar-refractivity contribution in [2.24, 2.45) is 0 Å². The maximum Gasteiger partial charge on any atom is 0.271 e. The van der Waals surface area contributed by atoms with Gasteiger partial charge in [0.05, 0.1) is 16.6 Å². The lowest BCUT2D eigenvalue weighted by atomic mass is 10.1. The van der Waals surface area contributed by atoms with E-state index in [1.54, 1.807) is 28.2 Å². The third-order valence-corrected chi connectivity index (χ3v) is 4.89. The Morgan fingerprint density at radius 3 is 2.92 bits per heavy atom. The van der Waals surface area contributed by atoms with Crippen LogP contribution in [0.4, 0.5) is 0 Å². The highest BCUT2D eigenvalue weighted by atomic mass is 32.1. The molecule has 0 aliphatic rings. The van der Waals surface area contributed by atoms with E-state index >= 15 is 0 Å². The molecular formula is C18H12N6S. The number of nitrogens with zero attached hydrogens (tertiary/aromatic N) is 6. The molecule has 5 aromatic rings. The minimum Gasteiger partial charge on any atom is -0.256 e. The molecular weight excluding hydrogens is 332 g/mol. The second-order valence-electron chi connectivity index (χ2n) is 5.66. The number of fused-ring (bicyclic) bond motifs is 2. The molecule has 0 atom stereocenters. The normalized spacial score (nSPS) is 11.4. The number of rotatable bonds is 3. The van der Waals surface area contributed by atoms with E-state index in [0.29, 0.717) is 12.2 Å². The predicted molar refractivity (Wildman–Crippen MR) is 96.4 cm³/mol. The maximum absolute atomic E-state index is 4.66. The molecule has 0 unspecified atom stereocenters. The molecule has 0 spiro atoms. The third-order valence-electron chi connectivity index (χ3n) is 4.00. The van der Waals surface area contributed by atoms with Crippen molar-refractivity contribution in [3.05, 3.63) is 71.6 Å². The van der Waals surface area contributed by atoms with E-state index in [1.165, 1.54) is 0 Å². The molecule has 0 fully saturated rings. The van der Waals surface area contributed by atoms with E-state index in [-0.39, 0.29) is 0 Å². The number of thiophene rings is 1. The van der Waals surface area contributed by atoms with Gasteiger partial charge in [-0.3, -0.25) is 4.98 Å². The molecule has 6 nitrogen and oxygen atoms in total. The SMILES string of the molecule is c1csc(-c2cnc3nnc(Cc4ccc5ncccc5c4)n3n2)c1. The summed E-state index contributed by atoms with van der Waals surface area (Å²) in [7, 11) is 0. The van der Waals surface area contributed by atoms with Gasteiger partial charge in [0.2, 0.25) is 0 Å². The van der Waals surface area contributed by atoms with E-state index in [9.17, 15) is 0 Å². The molecule has 0 aliphatic heterocycles. The van der Waals surface area contributed by atoms with Crippen LogP contribution in [0, 0.1) is 0 Å². The van der Waals surface area contributed by atoms with Crippen LogP contribution in [0.3, 0.4) is 0 Å². The molecule has 5 rings (SSSR count). The summed E-state index contributed by atoms with van der Waals surface area (Å²) in [6.45, 7) is 0. The largest absolute Gasteiger partial charge is 0.271 e. The monoisotopic (exact) mass is 344 g/mol. The Kier molecular flexibility index (Phi) is 3.24. The van der Waals surface area contributed by atoms with Crippen molar-refractivity contribution >= 4 is 28.0 Å². The fourth-order valence-corrected chi connectivity index (χ4v) is 3.48. The van der Waals surface area contributed by atoms with E-state index in [0.717, 1.165) is 32.9 Å². The molecule has 0 bridgehead atoms. The van der Waals surface area contributed by atoms with Crippen LogP contribution in [-0.2, 0) is 6.42 Å². The second-order valence-corrected chi connectivity index (χ2v) is 6.60. The fourth-order valence-electron chi connectivity index (χ4n) is 2.80. The van der Waals surface area contributed by atoms with Crippen LogP contribution < -0.4 is 0 Å². The van der Waals surface area contributed by atoms with Crippen LogP contribution in [0.5, 0.6) is 0 Å². The van der Waals surface area contributed by atoms with Gasteiger partial charge in [0.15, 0.2) is 5.82 Å². The Balaban J connectivity index is 1.56. The standard InChI is InChI=1S/C18H12N6S/c1-3-13-9-12(5-6-14(13)19-7-1)10-17-21-22-18-20-11-15(23-24(17)18)16-4-2-8-25-16/h1-9,11H,10H2. The summed E-state index contributed by atoms with van der Waals surface area (Å²) < 4.78 is 1.72. The lowest BCUT2D eigenvalue weighted by molar-refractivity contribution is 0.831. The summed E-state index contributed by atoms with van der Waals surface area (Å²) in [5.74, 6) is 1.28. The summed E-state index contributed by atoms with van der Waals surface area (Å²) in [4.78, 5) is 9.80. The number of benzene rings is 1. The minimum absolute atomic E-state index is 0.512. The number of aromatic nitrogens is 6. The van der Waals surface area contributed by atoms with Crippen molar-refractivity contribution in [1.82, 2.24) is 29.8 Å². The van der Waals surface area contributed by atoms with Gasteiger partial charge in [-0.2, -0.15) is 9.61 Å². The fraction of sp³-hybridized carbons (Fsp3) is 0.0556. The highest BCUT2D eigenvalue weighted by Crippen LogP contribution is 2.22. The molecule has 0 radical (unpaired) electrons. The van der Waals surface area contributed by atoms with Crippen LogP contribution in [0.25, 0.3) is 27.3 Å². The summed E-state index contributed by atoms with van der Waals surface area (Å²) in [5.41, 5.74) is 2.95. The molecule has 25 heavy (non-hydrogen) atoms. The van der Waals surface area contributed by atoms with Crippen LogP contribution >= 0.6 is 11.3 Å². The Morgan fingerprint density at radius 1 is 1.00 bits per heavy atom. The second kappa shape index (κ2) is 5.71. The van der Waals surface area contributed by atoms with Crippen LogP contribution in [0.2, 0.25) is 0 Å². The molecule has 120 valence electrons. The van der Waals surface area contributed by atoms with Crippen molar-refractivity contribution in [3.63, 3.8) is 0 Å². The zero-order valence-corrected chi connectivity index (χ0v) is 13.9. The Hall–Kier alpha value is -3.19. The van der Waals surface area contributed by atoms with Gasteiger partial charge >= 0.3 is 0 Å². The third kappa shape index (κ3) is 2.54. The summed E-state index contributed by atoms with van der Waals surface area (Å²) in [5, 5.41) is 16.2. The van der Waals surface area contributed by atoms with E-state index in [2.05, 4.69) is 43.5 Å². The molecule has 0 N–H and O–H groups in total. The van der Waals surface area contributed by atoms with E-state index < -0.39 is 0 Å². The van der Waals surface area contributed by atoms with Gasteiger partial charge in [-0.1, -0.05) is 18.2 Å². The van der Waals surface area contributed by atoms with Crippen LogP contribution in [0.15, 0.2) is 60.2 Å². The van der Waals surface area contributed by atoms with Crippen LogP contribution in [0.1, 0.15) is 11.4 Å². The first-order valence-electron chi connectivity index (χ1n) is 7.82. The predicted octanol–water partition coefficient (Wildman–Crippen LogP) is 3.39. The summed E-state index contributed by atoms with van der Waals surface area (Å²) >= 11 is 1.63. The lowest BCUT2D eigenvalue weighted by Crippen LogP contribution is -2.02. The van der Waals surface area contributed by atoms with Crippen molar-refractivity contribution in [1.29, 1.82) is 0 Å². The molecule has 4 aromatic heterocycles. The minimum atomic E-state index is 0.512. The Morgan fingerprint density at radius 2 is 2.00 bits per heavy atom. The molecule has 4 heterocycles. The topological polar surface area (TPSA) is 68.9 Å². The molecule has 0 aliphatic carbocycles. The first-order valence-corrected chi connectivity index (χ1v) is 8.70. The summed E-state index contributed by atoms with van der Waals surface area (Å²) in [6.07, 6.45) is 4.17. The summed E-state index contributed by atoms with van der Waals surface area (Å²) in [6, 6.07) is 14.2. The van der Waals surface area contributed by atoms with Gasteiger partial charge in [0.1, 0.15) is 5.69 Å². The van der Waals surface area contributed by atoms with Crippen LogP contribution in [-0.4, -0.2) is 29.8 Å². The smallest absolute Gasteiger partial charge is 0.256 e. The number of pyridine rings is 1. The highest BCUT2D eigenvalue weighted by Gasteiger charge is 2.11. The first-order chi connectivity index (χ1) is 12.4.